The zero-order valence-corrected chi connectivity index (χ0v) is 17.3. The molecule has 5 nitrogen and oxygen atoms in total. The van der Waals surface area contributed by atoms with Gasteiger partial charge in [-0.2, -0.15) is 13.2 Å². The van der Waals surface area contributed by atoms with Crippen molar-refractivity contribution < 1.29 is 32.2 Å². The summed E-state index contributed by atoms with van der Waals surface area (Å²) in [6, 6.07) is 16.1. The Bertz CT molecular complexity index is 851. The summed E-state index contributed by atoms with van der Waals surface area (Å²) in [6.07, 6.45) is -3.05. The lowest BCUT2D eigenvalue weighted by atomic mass is 10.1. The van der Waals surface area contributed by atoms with E-state index in [2.05, 4.69) is 35.2 Å². The number of carbonyl (C=O) groups is 2. The summed E-state index contributed by atoms with van der Waals surface area (Å²) < 4.78 is 45.4. The zero-order valence-electron chi connectivity index (χ0n) is 17.3. The van der Waals surface area contributed by atoms with E-state index >= 15 is 0 Å². The Hall–Kier alpha value is -2.87. The van der Waals surface area contributed by atoms with Crippen LogP contribution in [0.5, 0.6) is 5.75 Å². The number of esters is 2. The highest BCUT2D eigenvalue weighted by Crippen LogP contribution is 2.17. The van der Waals surface area contributed by atoms with E-state index in [1.54, 1.807) is 0 Å². The minimum Gasteiger partial charge on any atom is -0.493 e. The number of hydrogen-bond acceptors (Lipinski definition) is 5. The van der Waals surface area contributed by atoms with E-state index in [0.29, 0.717) is 13.2 Å². The van der Waals surface area contributed by atoms with Crippen molar-refractivity contribution in [2.24, 2.45) is 0 Å². The molecule has 0 aromatic heterocycles. The molecule has 168 valence electrons. The fourth-order valence-electron chi connectivity index (χ4n) is 2.85. The molecule has 0 unspecified atom stereocenters. The third-order valence-corrected chi connectivity index (χ3v) is 4.43. The van der Waals surface area contributed by atoms with Crippen LogP contribution in [-0.4, -0.2) is 37.8 Å². The van der Waals surface area contributed by atoms with Crippen LogP contribution in [0.4, 0.5) is 13.2 Å². The molecule has 0 aliphatic heterocycles. The molecule has 0 spiro atoms. The topological polar surface area (TPSA) is 64.6 Å². The minimum atomic E-state index is -5.16. The normalized spacial score (nSPS) is 11.2. The van der Waals surface area contributed by atoms with Crippen molar-refractivity contribution in [3.8, 4) is 5.75 Å². The van der Waals surface area contributed by atoms with Gasteiger partial charge in [0.15, 0.2) is 0 Å². The number of carbonyl (C=O) groups excluding carboxylic acids is 2. The molecule has 1 N–H and O–H groups in total. The van der Waals surface area contributed by atoms with Gasteiger partial charge < -0.3 is 14.8 Å². The van der Waals surface area contributed by atoms with Crippen LogP contribution >= 0.6 is 0 Å². The van der Waals surface area contributed by atoms with Crippen molar-refractivity contribution in [1.82, 2.24) is 5.32 Å². The molecule has 0 aliphatic carbocycles. The van der Waals surface area contributed by atoms with Crippen molar-refractivity contribution in [2.45, 2.75) is 38.8 Å². The number of halogens is 3. The van der Waals surface area contributed by atoms with Crippen LogP contribution in [0.1, 0.15) is 29.5 Å². The molecule has 8 heteroatoms. The molecule has 0 saturated carbocycles. The molecule has 0 atom stereocenters. The molecule has 0 fully saturated rings. The number of nitrogens with one attached hydrogen (secondary N) is 1. The van der Waals surface area contributed by atoms with E-state index in [-0.39, 0.29) is 13.0 Å². The van der Waals surface area contributed by atoms with E-state index in [9.17, 15) is 22.8 Å². The first-order valence-electron chi connectivity index (χ1n) is 10.0. The lowest BCUT2D eigenvalue weighted by Crippen LogP contribution is -2.29. The van der Waals surface area contributed by atoms with Gasteiger partial charge in [-0.1, -0.05) is 42.0 Å². The van der Waals surface area contributed by atoms with Crippen LogP contribution in [0.2, 0.25) is 0 Å². The zero-order chi connectivity index (χ0) is 22.7. The van der Waals surface area contributed by atoms with Crippen molar-refractivity contribution >= 4 is 11.9 Å². The lowest BCUT2D eigenvalue weighted by Gasteiger charge is -2.08. The number of rotatable bonds is 11. The Labute approximate surface area is 179 Å². The summed E-state index contributed by atoms with van der Waals surface area (Å²) in [7, 11) is 0. The quantitative estimate of drug-likeness (QED) is 0.325. The van der Waals surface area contributed by atoms with E-state index in [1.165, 1.54) is 11.1 Å². The summed E-state index contributed by atoms with van der Waals surface area (Å²) in [5.74, 6) is -2.88. The maximum absolute atomic E-state index is 12.0. The SMILES string of the molecule is Cc1cccc(CCOc2ccc(CCCNCCC(=O)OC(=O)C(F)(F)F)cc2)c1. The number of hydrogen-bond donors (Lipinski definition) is 1. The van der Waals surface area contributed by atoms with Crippen LogP contribution in [0, 0.1) is 6.92 Å². The lowest BCUT2D eigenvalue weighted by molar-refractivity contribution is -0.201. The van der Waals surface area contributed by atoms with Gasteiger partial charge in [0.2, 0.25) is 0 Å². The second-order valence-electron chi connectivity index (χ2n) is 7.09. The Morgan fingerprint density at radius 1 is 0.968 bits per heavy atom. The van der Waals surface area contributed by atoms with Gasteiger partial charge in [-0.15, -0.1) is 0 Å². The third-order valence-electron chi connectivity index (χ3n) is 4.43. The Kier molecular flexibility index (Phi) is 9.52. The van der Waals surface area contributed by atoms with Crippen LogP contribution < -0.4 is 10.1 Å². The Balaban J connectivity index is 1.57. The van der Waals surface area contributed by atoms with Crippen molar-refractivity contribution in [3.63, 3.8) is 0 Å². The molecule has 2 aromatic carbocycles. The largest absolute Gasteiger partial charge is 0.493 e. The number of alkyl halides is 3. The smallest absolute Gasteiger partial charge is 0.491 e. The van der Waals surface area contributed by atoms with Crippen LogP contribution in [0.3, 0.4) is 0 Å². The van der Waals surface area contributed by atoms with Crippen LogP contribution in [0.25, 0.3) is 0 Å². The molecule has 0 heterocycles. The summed E-state index contributed by atoms with van der Waals surface area (Å²) in [5, 5.41) is 2.94. The van der Waals surface area contributed by atoms with Crippen molar-refractivity contribution in [3.05, 3.63) is 65.2 Å². The molecule has 2 rings (SSSR count). The van der Waals surface area contributed by atoms with E-state index in [0.717, 1.165) is 30.6 Å². The second-order valence-corrected chi connectivity index (χ2v) is 7.09. The highest BCUT2D eigenvalue weighted by atomic mass is 19.4. The van der Waals surface area contributed by atoms with Crippen LogP contribution in [-0.2, 0) is 27.2 Å². The predicted molar refractivity (Wildman–Crippen MR) is 110 cm³/mol. The average Bonchev–Trinajstić information content (AvgIpc) is 2.71. The molecule has 0 bridgehead atoms. The highest BCUT2D eigenvalue weighted by molar-refractivity contribution is 5.88. The molecule has 0 aliphatic rings. The fourth-order valence-corrected chi connectivity index (χ4v) is 2.85. The Morgan fingerprint density at radius 3 is 2.39 bits per heavy atom. The average molecular weight is 437 g/mol. The van der Waals surface area contributed by atoms with Crippen molar-refractivity contribution in [2.75, 3.05) is 19.7 Å². The monoisotopic (exact) mass is 437 g/mol. The molecule has 2 aromatic rings. The van der Waals surface area contributed by atoms with Gasteiger partial charge >= 0.3 is 18.1 Å². The van der Waals surface area contributed by atoms with Gasteiger partial charge in [0.1, 0.15) is 5.75 Å². The van der Waals surface area contributed by atoms with Crippen LogP contribution in [0.15, 0.2) is 48.5 Å². The third kappa shape index (κ3) is 9.65. The molecular weight excluding hydrogens is 411 g/mol. The molecule has 31 heavy (non-hydrogen) atoms. The Morgan fingerprint density at radius 2 is 1.71 bits per heavy atom. The molecule has 0 amide bonds. The standard InChI is InChI=1S/C23H26F3NO4/c1-17-4-2-5-19(16-17)12-15-30-20-9-7-18(8-10-20)6-3-13-27-14-11-21(28)31-22(29)23(24,25)26/h2,4-5,7-10,16,27H,3,6,11-15H2,1H3. The first-order chi connectivity index (χ1) is 14.7. The molecular formula is C23H26F3NO4. The van der Waals surface area contributed by atoms with E-state index in [4.69, 9.17) is 4.74 Å². The minimum absolute atomic E-state index is 0.137. The number of ether oxygens (including phenoxy) is 2. The van der Waals surface area contributed by atoms with Gasteiger partial charge in [0, 0.05) is 13.0 Å². The number of benzene rings is 2. The second kappa shape index (κ2) is 12.1. The number of aryl methyl sites for hydroxylation is 2. The molecule has 0 saturated heterocycles. The first kappa shape index (κ1) is 24.4. The van der Waals surface area contributed by atoms with Gasteiger partial charge in [-0.05, 0) is 49.6 Å². The summed E-state index contributed by atoms with van der Waals surface area (Å²) >= 11 is 0. The van der Waals surface area contributed by atoms with Crippen molar-refractivity contribution in [1.29, 1.82) is 0 Å². The van der Waals surface area contributed by atoms with E-state index < -0.39 is 18.1 Å². The molecule has 0 radical (unpaired) electrons. The van der Waals surface area contributed by atoms with Gasteiger partial charge in [-0.25, -0.2) is 4.79 Å². The van der Waals surface area contributed by atoms with Gasteiger partial charge in [0.25, 0.3) is 0 Å². The first-order valence-corrected chi connectivity index (χ1v) is 10.0. The maximum atomic E-state index is 12.0. The summed E-state index contributed by atoms with van der Waals surface area (Å²) in [6.45, 7) is 3.38. The summed E-state index contributed by atoms with van der Waals surface area (Å²) in [5.41, 5.74) is 3.60. The summed E-state index contributed by atoms with van der Waals surface area (Å²) in [4.78, 5) is 21.7. The fraction of sp³-hybridized carbons (Fsp3) is 0.391. The maximum Gasteiger partial charge on any atom is 0.491 e. The predicted octanol–water partition coefficient (Wildman–Crippen LogP) is 4.16. The highest BCUT2D eigenvalue weighted by Gasteiger charge is 2.42. The van der Waals surface area contributed by atoms with Gasteiger partial charge in [0.05, 0.1) is 13.0 Å². The van der Waals surface area contributed by atoms with Gasteiger partial charge in [-0.3, -0.25) is 4.79 Å². The van der Waals surface area contributed by atoms with E-state index in [1.807, 2.05) is 30.3 Å².